The molecule has 5 aromatic carbocycles. The third-order valence-electron chi connectivity index (χ3n) is 10.4. The monoisotopic (exact) mass is 750 g/mol. The average Bonchev–Trinajstić information content (AvgIpc) is 3.87. The molecule has 262 valence electrons. The van der Waals surface area contributed by atoms with Gasteiger partial charge in [-0.1, -0.05) is 121 Å². The second-order valence-electron chi connectivity index (χ2n) is 13.8. The second-order valence-corrected chi connectivity index (χ2v) is 15.8. The van der Waals surface area contributed by atoms with E-state index in [0.29, 0.717) is 0 Å². The molecule has 0 aliphatic carbocycles. The lowest BCUT2D eigenvalue weighted by atomic mass is 9.93. The van der Waals surface area contributed by atoms with Crippen LogP contribution in [0.2, 0.25) is 0 Å². The van der Waals surface area contributed by atoms with Gasteiger partial charge in [0.2, 0.25) is 0 Å². The summed E-state index contributed by atoms with van der Waals surface area (Å²) in [5.41, 5.74) is 12.2. The van der Waals surface area contributed by atoms with Crippen LogP contribution >= 0.6 is 22.7 Å². The average molecular weight is 751 g/mol. The van der Waals surface area contributed by atoms with Gasteiger partial charge in [0.05, 0.1) is 34.0 Å². The van der Waals surface area contributed by atoms with Gasteiger partial charge < -0.3 is 0 Å². The van der Waals surface area contributed by atoms with Gasteiger partial charge in [0.25, 0.3) is 0 Å². The molecule has 0 radical (unpaired) electrons. The number of thiophene rings is 2. The zero-order chi connectivity index (χ0) is 37.0. The Kier molecular flexibility index (Phi) is 7.83. The molecule has 0 aliphatic heterocycles. The van der Waals surface area contributed by atoms with E-state index in [1.807, 2.05) is 71.5 Å². The minimum Gasteiger partial charge on any atom is -0.255 e. The minimum atomic E-state index is 0.809. The fourth-order valence-corrected chi connectivity index (χ4v) is 10.4. The van der Waals surface area contributed by atoms with E-state index in [0.717, 1.165) is 56.2 Å². The van der Waals surface area contributed by atoms with Gasteiger partial charge in [-0.3, -0.25) is 9.97 Å². The lowest BCUT2D eigenvalue weighted by molar-refractivity contribution is 1.22. The molecule has 6 aromatic heterocycles. The standard InChI is InChI=1S/C50H30N4S2/c1-2-13-32(14-3-1)47-46-45(38-18-12-17-36-35-15-5-7-22-44(35)55-49(36)38)48(56-50(46)37-16-4-6-19-39(37)54-47)33-25-23-31(24-26-33)34-29-42(40-20-8-10-27-51-40)53-43(30-34)41-21-9-11-28-52-41/h1-30H. The molecule has 0 bridgehead atoms. The fourth-order valence-electron chi connectivity index (χ4n) is 7.80. The van der Waals surface area contributed by atoms with Gasteiger partial charge in [0, 0.05) is 69.6 Å². The van der Waals surface area contributed by atoms with Gasteiger partial charge >= 0.3 is 0 Å². The normalized spacial score (nSPS) is 11.6. The molecule has 0 saturated heterocycles. The molecule has 11 aromatic rings. The van der Waals surface area contributed by atoms with Crippen LogP contribution in [0.1, 0.15) is 0 Å². The van der Waals surface area contributed by atoms with Crippen LogP contribution in [0.3, 0.4) is 0 Å². The summed E-state index contributed by atoms with van der Waals surface area (Å²) in [6, 6.07) is 59.8. The fraction of sp³-hybridized carbons (Fsp3) is 0. The van der Waals surface area contributed by atoms with Crippen molar-refractivity contribution in [3.8, 4) is 66.7 Å². The van der Waals surface area contributed by atoms with Crippen molar-refractivity contribution in [1.29, 1.82) is 0 Å². The largest absolute Gasteiger partial charge is 0.255 e. The van der Waals surface area contributed by atoms with Gasteiger partial charge in [-0.25, -0.2) is 9.97 Å². The van der Waals surface area contributed by atoms with Crippen molar-refractivity contribution in [1.82, 2.24) is 19.9 Å². The summed E-state index contributed by atoms with van der Waals surface area (Å²) in [4.78, 5) is 20.9. The van der Waals surface area contributed by atoms with Crippen molar-refractivity contribution >= 4 is 63.8 Å². The first-order valence-electron chi connectivity index (χ1n) is 18.5. The smallest absolute Gasteiger partial charge is 0.0900 e. The molecule has 4 nitrogen and oxygen atoms in total. The van der Waals surface area contributed by atoms with E-state index in [4.69, 9.17) is 9.97 Å². The van der Waals surface area contributed by atoms with E-state index >= 15 is 0 Å². The van der Waals surface area contributed by atoms with Crippen LogP contribution in [-0.2, 0) is 0 Å². The lowest BCUT2D eigenvalue weighted by Crippen LogP contribution is -1.94. The molecule has 0 saturated carbocycles. The molecule has 6 heterocycles. The molecule has 11 rings (SSSR count). The van der Waals surface area contributed by atoms with Gasteiger partial charge in [0.15, 0.2) is 0 Å². The zero-order valence-electron chi connectivity index (χ0n) is 29.9. The van der Waals surface area contributed by atoms with E-state index in [2.05, 4.69) is 143 Å². The first-order chi connectivity index (χ1) is 27.8. The van der Waals surface area contributed by atoms with Gasteiger partial charge in [-0.15, -0.1) is 22.7 Å². The molecule has 0 amide bonds. The predicted octanol–water partition coefficient (Wildman–Crippen LogP) is 14.0. The molecular weight excluding hydrogens is 721 g/mol. The van der Waals surface area contributed by atoms with Crippen LogP contribution in [0, 0.1) is 0 Å². The minimum absolute atomic E-state index is 0.809. The van der Waals surface area contributed by atoms with Crippen LogP contribution < -0.4 is 0 Å². The highest BCUT2D eigenvalue weighted by Gasteiger charge is 2.25. The molecule has 0 aliphatic rings. The van der Waals surface area contributed by atoms with Crippen LogP contribution in [0.5, 0.6) is 0 Å². The highest BCUT2D eigenvalue weighted by Crippen LogP contribution is 2.52. The number of pyridine rings is 4. The highest BCUT2D eigenvalue weighted by atomic mass is 32.1. The SMILES string of the molecule is c1ccc(-c2nc3ccccc3c3sc(-c4ccc(-c5cc(-c6ccccn6)nc(-c6ccccn6)c5)cc4)c(-c4cccc5c4sc4ccccc45)c23)cc1. The van der Waals surface area contributed by atoms with Crippen molar-refractivity contribution in [2.24, 2.45) is 0 Å². The Labute approximate surface area is 331 Å². The molecule has 0 unspecified atom stereocenters. The van der Waals surface area contributed by atoms with Gasteiger partial charge in [-0.2, -0.15) is 0 Å². The lowest BCUT2D eigenvalue weighted by Gasteiger charge is -2.12. The van der Waals surface area contributed by atoms with Crippen molar-refractivity contribution < 1.29 is 0 Å². The summed E-state index contributed by atoms with van der Waals surface area (Å²) in [5.74, 6) is 0. The predicted molar refractivity (Wildman–Crippen MR) is 236 cm³/mol. The summed E-state index contributed by atoms with van der Waals surface area (Å²) in [7, 11) is 0. The van der Waals surface area contributed by atoms with E-state index in [9.17, 15) is 0 Å². The van der Waals surface area contributed by atoms with Crippen molar-refractivity contribution in [2.75, 3.05) is 0 Å². The Morgan fingerprint density at radius 1 is 0.393 bits per heavy atom. The maximum absolute atomic E-state index is 5.40. The van der Waals surface area contributed by atoms with Crippen molar-refractivity contribution in [3.63, 3.8) is 0 Å². The number of hydrogen-bond acceptors (Lipinski definition) is 6. The number of aromatic nitrogens is 4. The molecule has 56 heavy (non-hydrogen) atoms. The number of rotatable bonds is 6. The van der Waals surface area contributed by atoms with Gasteiger partial charge in [-0.05, 0) is 65.2 Å². The molecule has 0 N–H and O–H groups in total. The van der Waals surface area contributed by atoms with Gasteiger partial charge in [0.1, 0.15) is 0 Å². The van der Waals surface area contributed by atoms with E-state index < -0.39 is 0 Å². The molecule has 0 fully saturated rings. The molecule has 0 spiro atoms. The highest BCUT2D eigenvalue weighted by molar-refractivity contribution is 7.27. The number of nitrogens with zero attached hydrogens (tertiary/aromatic N) is 4. The Balaban J connectivity index is 1.16. The number of fused-ring (bicyclic) bond motifs is 6. The van der Waals surface area contributed by atoms with Crippen LogP contribution in [0.15, 0.2) is 182 Å². The molecular formula is C50H30N4S2. The van der Waals surface area contributed by atoms with E-state index in [-0.39, 0.29) is 0 Å². The Hall–Kier alpha value is -6.86. The van der Waals surface area contributed by atoms with Crippen LogP contribution in [0.4, 0.5) is 0 Å². The maximum Gasteiger partial charge on any atom is 0.0900 e. The van der Waals surface area contributed by atoms with Crippen molar-refractivity contribution in [2.45, 2.75) is 0 Å². The summed E-state index contributed by atoms with van der Waals surface area (Å²) in [6.45, 7) is 0. The summed E-state index contributed by atoms with van der Waals surface area (Å²) in [6.07, 6.45) is 3.62. The quantitative estimate of drug-likeness (QED) is 0.170. The Morgan fingerprint density at radius 3 is 1.77 bits per heavy atom. The van der Waals surface area contributed by atoms with Crippen LogP contribution in [0.25, 0.3) is 108 Å². The third kappa shape index (κ3) is 5.50. The topological polar surface area (TPSA) is 51.6 Å². The first kappa shape index (κ1) is 32.6. The molecule has 6 heteroatoms. The summed E-state index contributed by atoms with van der Waals surface area (Å²) < 4.78 is 3.83. The van der Waals surface area contributed by atoms with Crippen molar-refractivity contribution in [3.05, 3.63) is 182 Å². The number of para-hydroxylation sites is 1. The maximum atomic E-state index is 5.40. The van der Waals surface area contributed by atoms with Crippen LogP contribution in [-0.4, -0.2) is 19.9 Å². The first-order valence-corrected chi connectivity index (χ1v) is 20.2. The third-order valence-corrected chi connectivity index (χ3v) is 12.9. The molecule has 0 atom stereocenters. The Bertz CT molecular complexity index is 3170. The van der Waals surface area contributed by atoms with E-state index in [1.165, 1.54) is 51.6 Å². The zero-order valence-corrected chi connectivity index (χ0v) is 31.6. The second kappa shape index (κ2) is 13.5. The van der Waals surface area contributed by atoms with E-state index in [1.54, 1.807) is 0 Å². The number of hydrogen-bond donors (Lipinski definition) is 0. The summed E-state index contributed by atoms with van der Waals surface area (Å²) >= 11 is 3.74. The summed E-state index contributed by atoms with van der Waals surface area (Å²) in [5, 5.41) is 4.93. The number of benzene rings is 5. The Morgan fingerprint density at radius 2 is 1.04 bits per heavy atom.